The Labute approximate surface area is 167 Å². The number of amides is 1. The van der Waals surface area contributed by atoms with Gasteiger partial charge in [0.2, 0.25) is 17.6 Å². The topological polar surface area (TPSA) is 86.5 Å². The second-order valence-corrected chi connectivity index (χ2v) is 6.37. The molecule has 3 aromatic rings. The zero-order chi connectivity index (χ0) is 19.9. The molecule has 1 amide bonds. The first-order chi connectivity index (χ1) is 13.6. The molecule has 0 bridgehead atoms. The van der Waals surface area contributed by atoms with Gasteiger partial charge in [0.25, 0.3) is 0 Å². The number of rotatable bonds is 8. The summed E-state index contributed by atoms with van der Waals surface area (Å²) in [5.41, 5.74) is 1.30. The van der Waals surface area contributed by atoms with Crippen LogP contribution in [0.5, 0.6) is 11.5 Å². The average Bonchev–Trinajstić information content (AvgIpc) is 3.17. The minimum absolute atomic E-state index is 0.130. The van der Waals surface area contributed by atoms with Gasteiger partial charge in [-0.2, -0.15) is 4.98 Å². The Morgan fingerprint density at radius 3 is 2.75 bits per heavy atom. The van der Waals surface area contributed by atoms with Crippen LogP contribution in [0.2, 0.25) is 5.02 Å². The first-order valence-electron chi connectivity index (χ1n) is 8.70. The number of hydrogen-bond acceptors (Lipinski definition) is 6. The molecule has 0 atom stereocenters. The largest absolute Gasteiger partial charge is 0.497 e. The molecule has 0 unspecified atom stereocenters. The van der Waals surface area contributed by atoms with E-state index in [0.717, 1.165) is 0 Å². The fourth-order valence-electron chi connectivity index (χ4n) is 2.62. The lowest BCUT2D eigenvalue weighted by Crippen LogP contribution is -2.12. The molecule has 2 aromatic carbocycles. The van der Waals surface area contributed by atoms with Crippen LogP contribution < -0.4 is 14.8 Å². The van der Waals surface area contributed by atoms with Gasteiger partial charge < -0.3 is 19.3 Å². The summed E-state index contributed by atoms with van der Waals surface area (Å²) in [6.45, 7) is 0. The predicted molar refractivity (Wildman–Crippen MR) is 106 cm³/mol. The van der Waals surface area contributed by atoms with Crippen LogP contribution in [0, 0.1) is 0 Å². The van der Waals surface area contributed by atoms with Crippen molar-refractivity contribution in [2.45, 2.75) is 19.3 Å². The summed E-state index contributed by atoms with van der Waals surface area (Å²) in [5.74, 6) is 1.96. The highest BCUT2D eigenvalue weighted by Crippen LogP contribution is 2.29. The molecule has 28 heavy (non-hydrogen) atoms. The van der Waals surface area contributed by atoms with Crippen molar-refractivity contribution in [3.8, 4) is 22.9 Å². The van der Waals surface area contributed by atoms with Gasteiger partial charge in [0.05, 0.1) is 24.9 Å². The minimum atomic E-state index is -0.130. The summed E-state index contributed by atoms with van der Waals surface area (Å²) < 4.78 is 15.7. The van der Waals surface area contributed by atoms with Crippen LogP contribution in [0.1, 0.15) is 18.7 Å². The zero-order valence-electron chi connectivity index (χ0n) is 15.6. The Morgan fingerprint density at radius 1 is 1.18 bits per heavy atom. The van der Waals surface area contributed by atoms with Gasteiger partial charge in [-0.15, -0.1) is 0 Å². The smallest absolute Gasteiger partial charge is 0.226 e. The Hall–Kier alpha value is -3.06. The van der Waals surface area contributed by atoms with E-state index in [1.807, 2.05) is 18.2 Å². The quantitative estimate of drug-likeness (QED) is 0.603. The molecule has 0 fully saturated rings. The number of ether oxygens (including phenoxy) is 2. The van der Waals surface area contributed by atoms with Crippen molar-refractivity contribution in [2.24, 2.45) is 0 Å². The Bertz CT molecular complexity index is 958. The molecule has 8 heteroatoms. The van der Waals surface area contributed by atoms with E-state index in [1.165, 1.54) is 7.11 Å². The van der Waals surface area contributed by atoms with E-state index >= 15 is 0 Å². The van der Waals surface area contributed by atoms with Crippen LogP contribution in [-0.4, -0.2) is 30.3 Å². The van der Waals surface area contributed by atoms with Gasteiger partial charge in [0.15, 0.2) is 0 Å². The summed E-state index contributed by atoms with van der Waals surface area (Å²) in [6.07, 6.45) is 1.36. The first kappa shape index (κ1) is 19.7. The molecule has 0 saturated carbocycles. The summed E-state index contributed by atoms with van der Waals surface area (Å²) in [7, 11) is 3.11. The van der Waals surface area contributed by atoms with Gasteiger partial charge >= 0.3 is 0 Å². The SMILES string of the molecule is COc1ccc(NC(=O)CCCc2nc(-c3ccccc3Cl)no2)c(OC)c1. The molecule has 7 nitrogen and oxygen atoms in total. The molecule has 146 valence electrons. The van der Waals surface area contributed by atoms with Crippen molar-refractivity contribution >= 4 is 23.2 Å². The normalized spacial score (nSPS) is 10.5. The number of halogens is 1. The van der Waals surface area contributed by atoms with Crippen molar-refractivity contribution in [2.75, 3.05) is 19.5 Å². The number of carbonyl (C=O) groups is 1. The van der Waals surface area contributed by atoms with Gasteiger partial charge in [-0.1, -0.05) is 28.9 Å². The van der Waals surface area contributed by atoms with Crippen LogP contribution in [0.25, 0.3) is 11.4 Å². The number of anilines is 1. The molecular formula is C20H20ClN3O4. The zero-order valence-corrected chi connectivity index (χ0v) is 16.3. The second-order valence-electron chi connectivity index (χ2n) is 5.96. The van der Waals surface area contributed by atoms with Crippen LogP contribution in [-0.2, 0) is 11.2 Å². The first-order valence-corrected chi connectivity index (χ1v) is 9.08. The van der Waals surface area contributed by atoms with E-state index in [2.05, 4.69) is 15.5 Å². The maximum atomic E-state index is 12.2. The van der Waals surface area contributed by atoms with Crippen molar-refractivity contribution in [1.29, 1.82) is 0 Å². The third-order valence-electron chi connectivity index (χ3n) is 4.06. The van der Waals surface area contributed by atoms with Crippen LogP contribution >= 0.6 is 11.6 Å². The molecule has 1 N–H and O–H groups in total. The maximum absolute atomic E-state index is 12.2. The Balaban J connectivity index is 1.53. The summed E-state index contributed by atoms with van der Waals surface area (Å²) in [6, 6.07) is 12.5. The standard InChI is InChI=1S/C20H20ClN3O4/c1-26-13-10-11-16(17(12-13)27-2)22-18(25)8-5-9-19-23-20(24-28-19)14-6-3-4-7-15(14)21/h3-4,6-7,10-12H,5,8-9H2,1-2H3,(H,22,25). The van der Waals surface area contributed by atoms with E-state index in [0.29, 0.717) is 58.8 Å². The second kappa shape index (κ2) is 9.23. The number of hydrogen-bond donors (Lipinski definition) is 1. The third kappa shape index (κ3) is 4.80. The number of aryl methyl sites for hydroxylation is 1. The third-order valence-corrected chi connectivity index (χ3v) is 4.39. The monoisotopic (exact) mass is 401 g/mol. The maximum Gasteiger partial charge on any atom is 0.226 e. The number of carbonyl (C=O) groups excluding carboxylic acids is 1. The molecule has 1 heterocycles. The molecule has 0 aliphatic heterocycles. The van der Waals surface area contributed by atoms with E-state index in [4.69, 9.17) is 25.6 Å². The highest BCUT2D eigenvalue weighted by atomic mass is 35.5. The van der Waals surface area contributed by atoms with Crippen molar-refractivity contribution in [3.63, 3.8) is 0 Å². The Kier molecular flexibility index (Phi) is 6.49. The summed E-state index contributed by atoms with van der Waals surface area (Å²) >= 11 is 6.14. The molecule has 3 rings (SSSR count). The van der Waals surface area contributed by atoms with Crippen molar-refractivity contribution in [1.82, 2.24) is 10.1 Å². The van der Waals surface area contributed by atoms with Crippen LogP contribution in [0.15, 0.2) is 47.0 Å². The number of benzene rings is 2. The lowest BCUT2D eigenvalue weighted by Gasteiger charge is -2.11. The van der Waals surface area contributed by atoms with Gasteiger partial charge in [0, 0.05) is 24.5 Å². The Morgan fingerprint density at radius 2 is 2.00 bits per heavy atom. The fourth-order valence-corrected chi connectivity index (χ4v) is 2.84. The molecule has 0 radical (unpaired) electrons. The molecule has 0 aliphatic carbocycles. The fraction of sp³-hybridized carbons (Fsp3) is 0.250. The van der Waals surface area contributed by atoms with E-state index in [9.17, 15) is 4.79 Å². The molecule has 0 spiro atoms. The van der Waals surface area contributed by atoms with Gasteiger partial charge in [-0.3, -0.25) is 4.79 Å². The lowest BCUT2D eigenvalue weighted by molar-refractivity contribution is -0.116. The van der Waals surface area contributed by atoms with Crippen LogP contribution in [0.3, 0.4) is 0 Å². The predicted octanol–water partition coefficient (Wildman–Crippen LogP) is 4.37. The summed E-state index contributed by atoms with van der Waals surface area (Å²) in [4.78, 5) is 16.6. The number of methoxy groups -OCH3 is 2. The van der Waals surface area contributed by atoms with E-state index in [1.54, 1.807) is 31.4 Å². The van der Waals surface area contributed by atoms with Crippen molar-refractivity contribution < 1.29 is 18.8 Å². The molecular weight excluding hydrogens is 382 g/mol. The van der Waals surface area contributed by atoms with Crippen LogP contribution in [0.4, 0.5) is 5.69 Å². The number of nitrogens with zero attached hydrogens (tertiary/aromatic N) is 2. The van der Waals surface area contributed by atoms with E-state index in [-0.39, 0.29) is 5.91 Å². The van der Waals surface area contributed by atoms with E-state index < -0.39 is 0 Å². The van der Waals surface area contributed by atoms with Crippen molar-refractivity contribution in [3.05, 3.63) is 53.4 Å². The number of nitrogens with one attached hydrogen (secondary N) is 1. The highest BCUT2D eigenvalue weighted by Gasteiger charge is 2.13. The van der Waals surface area contributed by atoms with Gasteiger partial charge in [0.1, 0.15) is 11.5 Å². The summed E-state index contributed by atoms with van der Waals surface area (Å²) in [5, 5.41) is 7.34. The highest BCUT2D eigenvalue weighted by molar-refractivity contribution is 6.33. The minimum Gasteiger partial charge on any atom is -0.497 e. The van der Waals surface area contributed by atoms with Gasteiger partial charge in [-0.25, -0.2) is 0 Å². The molecule has 0 aliphatic rings. The molecule has 0 saturated heterocycles. The van der Waals surface area contributed by atoms with Gasteiger partial charge in [-0.05, 0) is 30.7 Å². The number of aromatic nitrogens is 2. The average molecular weight is 402 g/mol. The lowest BCUT2D eigenvalue weighted by atomic mass is 10.2. The molecule has 1 aromatic heterocycles.